The summed E-state index contributed by atoms with van der Waals surface area (Å²) in [5, 5.41) is 5.03. The third kappa shape index (κ3) is 8.19. The first-order valence-electron chi connectivity index (χ1n) is 7.41. The van der Waals surface area contributed by atoms with Crippen LogP contribution in [0, 0.1) is 12.8 Å². The second-order valence-corrected chi connectivity index (χ2v) is 7.71. The van der Waals surface area contributed by atoms with Crippen LogP contribution < -0.4 is 21.1 Å². The third-order valence-corrected chi connectivity index (χ3v) is 3.78. The molecule has 0 heterocycles. The molecule has 0 saturated carbocycles. The molecule has 0 fully saturated rings. The first-order chi connectivity index (χ1) is 11.0. The highest BCUT2D eigenvalue weighted by molar-refractivity contribution is 7.92. The third-order valence-electron chi connectivity index (χ3n) is 3.19. The van der Waals surface area contributed by atoms with E-state index >= 15 is 0 Å². The average molecular weight is 393 g/mol. The number of anilines is 2. The number of halogens is 1. The molecule has 1 atom stereocenters. The van der Waals surface area contributed by atoms with E-state index in [1.54, 1.807) is 32.0 Å². The van der Waals surface area contributed by atoms with Gasteiger partial charge in [-0.1, -0.05) is 19.9 Å². The van der Waals surface area contributed by atoms with Crippen LogP contribution in [0.4, 0.5) is 11.4 Å². The van der Waals surface area contributed by atoms with Gasteiger partial charge in [0, 0.05) is 0 Å². The quantitative estimate of drug-likeness (QED) is 0.545. The monoisotopic (exact) mass is 392 g/mol. The lowest BCUT2D eigenvalue weighted by atomic mass is 10.1. The zero-order chi connectivity index (χ0) is 18.5. The molecule has 10 heteroatoms. The number of nitrogens with two attached hydrogens (primary N) is 1. The molecule has 0 unspecified atom stereocenters. The average Bonchev–Trinajstić information content (AvgIpc) is 2.45. The number of sulfonamides is 1. The van der Waals surface area contributed by atoms with Gasteiger partial charge >= 0.3 is 0 Å². The molecule has 5 N–H and O–H groups in total. The van der Waals surface area contributed by atoms with Crippen LogP contribution in [0.5, 0.6) is 0 Å². The molecule has 0 aliphatic rings. The SMILES string of the molecule is Cc1ccc(NS(C)(=O)=O)c(NC(=O)CNC(=O)[C@@H](N)C(C)C)c1.Cl. The zero-order valence-corrected chi connectivity index (χ0v) is 16.3. The molecule has 0 spiro atoms. The van der Waals surface area contributed by atoms with Crippen molar-refractivity contribution in [1.29, 1.82) is 0 Å². The number of benzene rings is 1. The molecule has 0 saturated heterocycles. The smallest absolute Gasteiger partial charge is 0.243 e. The summed E-state index contributed by atoms with van der Waals surface area (Å²) >= 11 is 0. The molecule has 142 valence electrons. The lowest BCUT2D eigenvalue weighted by Gasteiger charge is -2.16. The van der Waals surface area contributed by atoms with E-state index in [9.17, 15) is 18.0 Å². The number of hydrogen-bond donors (Lipinski definition) is 4. The summed E-state index contributed by atoms with van der Waals surface area (Å²) in [5.74, 6) is -0.948. The van der Waals surface area contributed by atoms with Crippen molar-refractivity contribution >= 4 is 45.6 Å². The van der Waals surface area contributed by atoms with Crippen LogP contribution in [0.3, 0.4) is 0 Å². The van der Waals surface area contributed by atoms with Crippen molar-refractivity contribution in [3.05, 3.63) is 23.8 Å². The van der Waals surface area contributed by atoms with E-state index in [4.69, 9.17) is 5.73 Å². The molecule has 25 heavy (non-hydrogen) atoms. The van der Waals surface area contributed by atoms with Crippen LogP contribution in [-0.2, 0) is 19.6 Å². The van der Waals surface area contributed by atoms with Gasteiger partial charge in [0.15, 0.2) is 0 Å². The summed E-state index contributed by atoms with van der Waals surface area (Å²) in [6.45, 7) is 5.16. The van der Waals surface area contributed by atoms with Crippen LogP contribution in [0.25, 0.3) is 0 Å². The molecule has 0 aliphatic heterocycles. The Balaban J connectivity index is 0.00000576. The first-order valence-corrected chi connectivity index (χ1v) is 9.30. The Morgan fingerprint density at radius 3 is 2.32 bits per heavy atom. The number of aryl methyl sites for hydroxylation is 1. The second-order valence-electron chi connectivity index (χ2n) is 5.96. The molecule has 2 amide bonds. The minimum Gasteiger partial charge on any atom is -0.346 e. The predicted octanol–water partition coefficient (Wildman–Crippen LogP) is 0.826. The summed E-state index contributed by atoms with van der Waals surface area (Å²) in [6.07, 6.45) is 1.02. The van der Waals surface area contributed by atoms with Crippen molar-refractivity contribution in [1.82, 2.24) is 5.32 Å². The number of carbonyl (C=O) groups is 2. The number of hydrogen-bond acceptors (Lipinski definition) is 5. The maximum Gasteiger partial charge on any atom is 0.243 e. The van der Waals surface area contributed by atoms with Crippen molar-refractivity contribution in [3.8, 4) is 0 Å². The summed E-state index contributed by atoms with van der Waals surface area (Å²) in [6, 6.07) is 4.21. The van der Waals surface area contributed by atoms with Crippen molar-refractivity contribution in [3.63, 3.8) is 0 Å². The minimum atomic E-state index is -3.48. The van der Waals surface area contributed by atoms with E-state index in [1.807, 2.05) is 6.92 Å². The Morgan fingerprint density at radius 1 is 1.20 bits per heavy atom. The first kappa shape index (κ1) is 23.2. The molecule has 0 bridgehead atoms. The fourth-order valence-corrected chi connectivity index (χ4v) is 2.41. The van der Waals surface area contributed by atoms with Crippen molar-refractivity contribution in [2.75, 3.05) is 22.8 Å². The molecular weight excluding hydrogens is 368 g/mol. The number of carbonyl (C=O) groups excluding carboxylic acids is 2. The molecule has 1 rings (SSSR count). The largest absolute Gasteiger partial charge is 0.346 e. The van der Waals surface area contributed by atoms with Gasteiger partial charge in [0.2, 0.25) is 21.8 Å². The Hall–Kier alpha value is -1.84. The van der Waals surface area contributed by atoms with Crippen molar-refractivity contribution in [2.24, 2.45) is 11.7 Å². The predicted molar refractivity (Wildman–Crippen MR) is 101 cm³/mol. The lowest BCUT2D eigenvalue weighted by Crippen LogP contribution is -2.46. The summed E-state index contributed by atoms with van der Waals surface area (Å²) < 4.78 is 25.1. The topological polar surface area (TPSA) is 130 Å². The van der Waals surface area contributed by atoms with Crippen LogP contribution in [0.15, 0.2) is 18.2 Å². The van der Waals surface area contributed by atoms with E-state index in [0.29, 0.717) is 5.69 Å². The lowest BCUT2D eigenvalue weighted by molar-refractivity contribution is -0.125. The maximum atomic E-state index is 12.0. The fourth-order valence-electron chi connectivity index (χ4n) is 1.83. The van der Waals surface area contributed by atoms with Gasteiger partial charge in [-0.15, -0.1) is 12.4 Å². The molecule has 0 aliphatic carbocycles. The fraction of sp³-hybridized carbons (Fsp3) is 0.467. The van der Waals surface area contributed by atoms with Crippen LogP contribution in [0.1, 0.15) is 19.4 Å². The van der Waals surface area contributed by atoms with Gasteiger partial charge in [0.25, 0.3) is 0 Å². The van der Waals surface area contributed by atoms with E-state index in [2.05, 4.69) is 15.4 Å². The number of rotatable bonds is 7. The van der Waals surface area contributed by atoms with Gasteiger partial charge in [-0.3, -0.25) is 14.3 Å². The van der Waals surface area contributed by atoms with E-state index in [0.717, 1.165) is 11.8 Å². The normalized spacial score (nSPS) is 12.1. The molecular formula is C15H25ClN4O4S. The summed E-state index contributed by atoms with van der Waals surface area (Å²) in [5.41, 5.74) is 7.10. The van der Waals surface area contributed by atoms with Crippen LogP contribution in [-0.4, -0.2) is 39.1 Å². The molecule has 1 aromatic carbocycles. The molecule has 1 aromatic rings. The van der Waals surface area contributed by atoms with Gasteiger partial charge in [-0.2, -0.15) is 0 Å². The van der Waals surface area contributed by atoms with Gasteiger partial charge in [0.05, 0.1) is 30.2 Å². The van der Waals surface area contributed by atoms with Gasteiger partial charge < -0.3 is 16.4 Å². The minimum absolute atomic E-state index is 0. The van der Waals surface area contributed by atoms with E-state index in [-0.39, 0.29) is 30.6 Å². The zero-order valence-electron chi connectivity index (χ0n) is 14.6. The molecule has 0 radical (unpaired) electrons. The van der Waals surface area contributed by atoms with Gasteiger partial charge in [0.1, 0.15) is 0 Å². The Labute approximate surface area is 154 Å². The highest BCUT2D eigenvalue weighted by Crippen LogP contribution is 2.23. The molecule has 8 nitrogen and oxygen atoms in total. The Bertz CT molecular complexity index is 722. The maximum absolute atomic E-state index is 12.0. The Morgan fingerprint density at radius 2 is 1.80 bits per heavy atom. The van der Waals surface area contributed by atoms with Crippen molar-refractivity contribution < 1.29 is 18.0 Å². The Kier molecular flexibility index (Phi) is 8.89. The van der Waals surface area contributed by atoms with Crippen LogP contribution in [0.2, 0.25) is 0 Å². The highest BCUT2D eigenvalue weighted by Gasteiger charge is 2.18. The summed E-state index contributed by atoms with van der Waals surface area (Å²) in [7, 11) is -3.48. The number of nitrogens with one attached hydrogen (secondary N) is 3. The molecule has 0 aromatic heterocycles. The standard InChI is InChI=1S/C15H24N4O4S.ClH/c1-9(2)14(16)15(21)17-8-13(20)18-12-7-10(3)5-6-11(12)19-24(4,22)23;/h5-7,9,14,19H,8,16H2,1-4H3,(H,17,21)(H,18,20);1H/t14-;/m0./s1. The number of amides is 2. The van der Waals surface area contributed by atoms with Crippen molar-refractivity contribution in [2.45, 2.75) is 26.8 Å². The van der Waals surface area contributed by atoms with E-state index in [1.165, 1.54) is 0 Å². The van der Waals surface area contributed by atoms with E-state index < -0.39 is 27.9 Å². The highest BCUT2D eigenvalue weighted by atomic mass is 35.5. The summed E-state index contributed by atoms with van der Waals surface area (Å²) in [4.78, 5) is 23.7. The van der Waals surface area contributed by atoms with Gasteiger partial charge in [-0.05, 0) is 30.5 Å². The van der Waals surface area contributed by atoms with Gasteiger partial charge in [-0.25, -0.2) is 8.42 Å². The van der Waals surface area contributed by atoms with Crippen LogP contribution >= 0.6 is 12.4 Å². The second kappa shape index (κ2) is 9.59.